The van der Waals surface area contributed by atoms with Crippen LogP contribution < -0.4 is 0 Å². The van der Waals surface area contributed by atoms with Crippen LogP contribution in [0.4, 0.5) is 0 Å². The highest BCUT2D eigenvalue weighted by atomic mass is 32.2. The lowest BCUT2D eigenvalue weighted by atomic mass is 9.81. The van der Waals surface area contributed by atoms with E-state index < -0.39 is 14.6 Å². The molecule has 2 aromatic carbocycles. The first kappa shape index (κ1) is 19.4. The van der Waals surface area contributed by atoms with Gasteiger partial charge in [-0.15, -0.1) is 0 Å². The van der Waals surface area contributed by atoms with Gasteiger partial charge in [0.05, 0.1) is 9.64 Å². The van der Waals surface area contributed by atoms with Gasteiger partial charge in [0, 0.05) is 13.1 Å². The summed E-state index contributed by atoms with van der Waals surface area (Å²) in [5, 5.41) is 0. The Balaban J connectivity index is 1.34. The second-order valence-electron chi connectivity index (χ2n) is 8.10. The molecule has 1 fully saturated rings. The number of hydrogen-bond acceptors (Lipinski definition) is 3. The average Bonchev–Trinajstić information content (AvgIpc) is 2.71. The van der Waals surface area contributed by atoms with Gasteiger partial charge in [0.1, 0.15) is 0 Å². The Labute approximate surface area is 169 Å². The Morgan fingerprint density at radius 1 is 0.929 bits per heavy atom. The van der Waals surface area contributed by atoms with Crippen molar-refractivity contribution in [1.29, 1.82) is 0 Å². The van der Waals surface area contributed by atoms with Gasteiger partial charge >= 0.3 is 0 Å². The molecule has 0 bridgehead atoms. The topological polar surface area (TPSA) is 37.4 Å². The molecule has 0 atom stereocenters. The lowest BCUT2D eigenvalue weighted by molar-refractivity contribution is 0.260. The van der Waals surface area contributed by atoms with Gasteiger partial charge in [0.2, 0.25) is 0 Å². The highest BCUT2D eigenvalue weighted by Gasteiger charge is 2.48. The van der Waals surface area contributed by atoms with Gasteiger partial charge in [-0.3, -0.25) is 4.90 Å². The molecular weight excluding hydrogens is 366 g/mol. The minimum absolute atomic E-state index is 0.489. The highest BCUT2D eigenvalue weighted by molar-refractivity contribution is 7.93. The predicted octanol–water partition coefficient (Wildman–Crippen LogP) is 4.95. The van der Waals surface area contributed by atoms with Crippen molar-refractivity contribution >= 4 is 15.4 Å². The van der Waals surface area contributed by atoms with Gasteiger partial charge in [-0.05, 0) is 61.9 Å². The first-order valence-electron chi connectivity index (χ1n) is 10.4. The zero-order valence-corrected chi connectivity index (χ0v) is 17.2. The molecular formula is C24H29NO2S. The molecule has 0 N–H and O–H groups in total. The van der Waals surface area contributed by atoms with Crippen molar-refractivity contribution in [2.24, 2.45) is 0 Å². The SMILES string of the molecule is O=S(=O)(c1ccccc1)C1(CCCN2CC=C(c3ccccc3)CC2)CCC1. The summed E-state index contributed by atoms with van der Waals surface area (Å²) in [4.78, 5) is 2.94. The third-order valence-corrected chi connectivity index (χ3v) is 9.08. The van der Waals surface area contributed by atoms with Crippen molar-refractivity contribution in [2.75, 3.05) is 19.6 Å². The molecule has 4 heteroatoms. The van der Waals surface area contributed by atoms with E-state index in [0.717, 1.165) is 58.2 Å². The van der Waals surface area contributed by atoms with Crippen LogP contribution in [-0.4, -0.2) is 37.7 Å². The van der Waals surface area contributed by atoms with E-state index in [4.69, 9.17) is 0 Å². The summed E-state index contributed by atoms with van der Waals surface area (Å²) in [6.07, 6.45) is 7.76. The minimum Gasteiger partial charge on any atom is -0.299 e. The number of benzene rings is 2. The number of sulfone groups is 1. The van der Waals surface area contributed by atoms with Gasteiger partial charge in [-0.25, -0.2) is 8.42 Å². The largest absolute Gasteiger partial charge is 0.299 e. The van der Waals surface area contributed by atoms with E-state index in [0.29, 0.717) is 4.90 Å². The smallest absolute Gasteiger partial charge is 0.184 e. The van der Waals surface area contributed by atoms with Crippen molar-refractivity contribution in [3.05, 3.63) is 72.3 Å². The lowest BCUT2D eigenvalue weighted by Gasteiger charge is -2.41. The summed E-state index contributed by atoms with van der Waals surface area (Å²) >= 11 is 0. The molecule has 148 valence electrons. The number of hydrogen-bond donors (Lipinski definition) is 0. The number of nitrogens with zero attached hydrogens (tertiary/aromatic N) is 1. The summed E-state index contributed by atoms with van der Waals surface area (Å²) < 4.78 is 25.9. The summed E-state index contributed by atoms with van der Waals surface area (Å²) in [5.74, 6) is 0. The van der Waals surface area contributed by atoms with Crippen LogP contribution in [0.1, 0.15) is 44.1 Å². The van der Waals surface area contributed by atoms with Crippen LogP contribution in [0.15, 0.2) is 71.6 Å². The van der Waals surface area contributed by atoms with Gasteiger partial charge in [0.25, 0.3) is 0 Å². The van der Waals surface area contributed by atoms with E-state index in [1.165, 1.54) is 11.1 Å². The quantitative estimate of drug-likeness (QED) is 0.665. The fraction of sp³-hybridized carbons (Fsp3) is 0.417. The molecule has 0 aromatic heterocycles. The molecule has 0 unspecified atom stereocenters. The molecule has 0 saturated heterocycles. The second-order valence-corrected chi connectivity index (χ2v) is 10.4. The molecule has 3 nitrogen and oxygen atoms in total. The molecule has 1 heterocycles. The standard InChI is InChI=1S/C24H29NO2S/c26-28(27,23-11-5-2-6-12-23)24(15-7-16-24)17-8-18-25-19-13-22(14-20-25)21-9-3-1-4-10-21/h1-6,9-13H,7-8,14-20H2. The zero-order valence-electron chi connectivity index (χ0n) is 16.4. The summed E-state index contributed by atoms with van der Waals surface area (Å²) in [6, 6.07) is 19.6. The molecule has 2 aromatic rings. The van der Waals surface area contributed by atoms with Gasteiger partial charge in [-0.2, -0.15) is 0 Å². The Morgan fingerprint density at radius 2 is 1.61 bits per heavy atom. The van der Waals surface area contributed by atoms with E-state index in [9.17, 15) is 8.42 Å². The van der Waals surface area contributed by atoms with Crippen molar-refractivity contribution in [2.45, 2.75) is 48.2 Å². The molecule has 1 aliphatic heterocycles. The van der Waals surface area contributed by atoms with Crippen molar-refractivity contribution < 1.29 is 8.42 Å². The maximum Gasteiger partial charge on any atom is 0.184 e. The van der Waals surface area contributed by atoms with Crippen LogP contribution in [0.5, 0.6) is 0 Å². The lowest BCUT2D eigenvalue weighted by Crippen LogP contribution is -2.45. The molecule has 0 amide bonds. The Kier molecular flexibility index (Phi) is 5.70. The predicted molar refractivity (Wildman–Crippen MR) is 115 cm³/mol. The van der Waals surface area contributed by atoms with Gasteiger partial charge in [-0.1, -0.05) is 61.0 Å². The van der Waals surface area contributed by atoms with Crippen LogP contribution in [0.3, 0.4) is 0 Å². The third kappa shape index (κ3) is 3.81. The zero-order chi connectivity index (χ0) is 19.5. The maximum absolute atomic E-state index is 13.2. The molecule has 2 aliphatic rings. The fourth-order valence-electron chi connectivity index (χ4n) is 4.53. The van der Waals surface area contributed by atoms with Gasteiger partial charge < -0.3 is 0 Å². The molecule has 1 aliphatic carbocycles. The normalized spacial score (nSPS) is 19.6. The summed E-state index contributed by atoms with van der Waals surface area (Å²) in [5.41, 5.74) is 2.75. The van der Waals surface area contributed by atoms with Crippen LogP contribution in [0.2, 0.25) is 0 Å². The van der Waals surface area contributed by atoms with E-state index in [2.05, 4.69) is 41.3 Å². The maximum atomic E-state index is 13.2. The summed E-state index contributed by atoms with van der Waals surface area (Å²) in [6.45, 7) is 2.99. The Hall–Kier alpha value is -1.91. The Bertz CT molecular complexity index is 916. The molecule has 0 spiro atoms. The van der Waals surface area contributed by atoms with Crippen molar-refractivity contribution in [3.8, 4) is 0 Å². The second kappa shape index (κ2) is 8.22. The van der Waals surface area contributed by atoms with Crippen LogP contribution in [0.25, 0.3) is 5.57 Å². The first-order chi connectivity index (χ1) is 13.6. The average molecular weight is 396 g/mol. The van der Waals surface area contributed by atoms with Crippen LogP contribution in [0, 0.1) is 0 Å². The van der Waals surface area contributed by atoms with E-state index in [1.807, 2.05) is 18.2 Å². The van der Waals surface area contributed by atoms with Crippen LogP contribution >= 0.6 is 0 Å². The minimum atomic E-state index is -3.24. The molecule has 1 saturated carbocycles. The molecule has 28 heavy (non-hydrogen) atoms. The highest BCUT2D eigenvalue weighted by Crippen LogP contribution is 2.46. The first-order valence-corrected chi connectivity index (χ1v) is 11.9. The van der Waals surface area contributed by atoms with Crippen molar-refractivity contribution in [1.82, 2.24) is 4.90 Å². The number of rotatable bonds is 7. The van der Waals surface area contributed by atoms with E-state index in [-0.39, 0.29) is 0 Å². The monoisotopic (exact) mass is 395 g/mol. The third-order valence-electron chi connectivity index (χ3n) is 6.43. The van der Waals surface area contributed by atoms with E-state index >= 15 is 0 Å². The molecule has 4 rings (SSSR count). The fourth-order valence-corrected chi connectivity index (χ4v) is 6.78. The van der Waals surface area contributed by atoms with Crippen LogP contribution in [-0.2, 0) is 9.84 Å². The van der Waals surface area contributed by atoms with E-state index in [1.54, 1.807) is 12.1 Å². The summed E-state index contributed by atoms with van der Waals surface area (Å²) in [7, 11) is -3.24. The molecule has 0 radical (unpaired) electrons. The Morgan fingerprint density at radius 3 is 2.18 bits per heavy atom. The van der Waals surface area contributed by atoms with Gasteiger partial charge in [0.15, 0.2) is 9.84 Å². The van der Waals surface area contributed by atoms with Crippen molar-refractivity contribution in [3.63, 3.8) is 0 Å².